The van der Waals surface area contributed by atoms with Crippen molar-refractivity contribution in [2.24, 2.45) is 10.3 Å². The van der Waals surface area contributed by atoms with Gasteiger partial charge in [0.15, 0.2) is 0 Å². The summed E-state index contributed by atoms with van der Waals surface area (Å²) in [7, 11) is 3.18. The van der Waals surface area contributed by atoms with E-state index in [9.17, 15) is 0 Å². The summed E-state index contributed by atoms with van der Waals surface area (Å²) in [6.45, 7) is 4.25. The molecule has 0 amide bonds. The molecule has 0 spiro atoms. The van der Waals surface area contributed by atoms with Crippen LogP contribution in [0.1, 0.15) is 37.4 Å². The molecule has 2 heterocycles. The number of hydrogen-bond acceptors (Lipinski definition) is 7. The summed E-state index contributed by atoms with van der Waals surface area (Å²) in [5.74, 6) is 0.796. The number of ether oxygens (including phenoxy) is 1. The Morgan fingerprint density at radius 1 is 0.844 bits per heavy atom. The van der Waals surface area contributed by atoms with Gasteiger partial charge in [0.1, 0.15) is 30.9 Å². The first-order valence-corrected chi connectivity index (χ1v) is 10.4. The molecule has 0 saturated heterocycles. The number of methoxy groups -OCH3 is 1. The minimum absolute atomic E-state index is 0.490. The first-order chi connectivity index (χ1) is 15.6. The van der Waals surface area contributed by atoms with E-state index in [0.29, 0.717) is 6.61 Å². The van der Waals surface area contributed by atoms with Gasteiger partial charge in [0.05, 0.1) is 24.2 Å². The summed E-state index contributed by atoms with van der Waals surface area (Å²) >= 11 is 0. The smallest absolute Gasteiger partial charge is 0.119 e. The van der Waals surface area contributed by atoms with Crippen LogP contribution < -0.4 is 4.74 Å². The molecule has 0 fully saturated rings. The Bertz CT molecular complexity index is 1100. The molecule has 3 aromatic rings. The van der Waals surface area contributed by atoms with Crippen LogP contribution >= 0.6 is 0 Å². The maximum atomic E-state index is 5.53. The van der Waals surface area contributed by atoms with Gasteiger partial charge in [0.2, 0.25) is 0 Å². The predicted octanol–water partition coefficient (Wildman–Crippen LogP) is 4.90. The maximum absolute atomic E-state index is 5.53. The summed E-state index contributed by atoms with van der Waals surface area (Å²) in [6, 6.07) is 19.5. The van der Waals surface area contributed by atoms with Crippen molar-refractivity contribution in [2.75, 3.05) is 20.8 Å². The van der Waals surface area contributed by atoms with Crippen molar-refractivity contribution >= 4 is 11.4 Å². The third kappa shape index (κ3) is 6.38. The number of benzene rings is 1. The summed E-state index contributed by atoms with van der Waals surface area (Å²) in [4.78, 5) is 19.7. The number of pyridine rings is 2. The molecule has 1 aromatic carbocycles. The quantitative estimate of drug-likeness (QED) is 0.259. The Hall–Kier alpha value is -3.74. The summed E-state index contributed by atoms with van der Waals surface area (Å²) in [5.41, 5.74) is 5.87. The van der Waals surface area contributed by atoms with Crippen molar-refractivity contribution in [2.45, 2.75) is 26.7 Å². The molecule has 0 aliphatic carbocycles. The lowest BCUT2D eigenvalue weighted by Crippen LogP contribution is -2.04. The average Bonchev–Trinajstić information content (AvgIpc) is 2.84. The van der Waals surface area contributed by atoms with Crippen molar-refractivity contribution in [3.05, 3.63) is 77.7 Å². The Morgan fingerprint density at radius 2 is 1.56 bits per heavy atom. The van der Waals surface area contributed by atoms with Crippen molar-refractivity contribution < 1.29 is 14.4 Å². The predicted molar refractivity (Wildman–Crippen MR) is 126 cm³/mol. The number of aryl methyl sites for hydroxylation is 1. The van der Waals surface area contributed by atoms with Crippen LogP contribution in [0.5, 0.6) is 5.75 Å². The van der Waals surface area contributed by atoms with Gasteiger partial charge in [-0.2, -0.15) is 0 Å². The van der Waals surface area contributed by atoms with Gasteiger partial charge < -0.3 is 14.4 Å². The van der Waals surface area contributed by atoms with Gasteiger partial charge in [-0.1, -0.05) is 34.6 Å². The lowest BCUT2D eigenvalue weighted by Gasteiger charge is -2.07. The largest absolute Gasteiger partial charge is 0.497 e. The van der Waals surface area contributed by atoms with E-state index in [1.165, 1.54) is 7.11 Å². The van der Waals surface area contributed by atoms with Crippen molar-refractivity contribution in [3.8, 4) is 17.0 Å². The minimum atomic E-state index is 0.490. The first kappa shape index (κ1) is 22.9. The van der Waals surface area contributed by atoms with Gasteiger partial charge in [0.25, 0.3) is 0 Å². The SMILES string of the molecule is CON=C(C)c1cccc(CCCON=C(C)c2cccc(-c3cccc(OC)c3)n2)n1. The van der Waals surface area contributed by atoms with Gasteiger partial charge >= 0.3 is 0 Å². The summed E-state index contributed by atoms with van der Waals surface area (Å²) in [5, 5.41) is 8.17. The lowest BCUT2D eigenvalue weighted by molar-refractivity contribution is 0.141. The lowest BCUT2D eigenvalue weighted by atomic mass is 10.1. The highest BCUT2D eigenvalue weighted by atomic mass is 16.6. The van der Waals surface area contributed by atoms with Crippen molar-refractivity contribution in [1.29, 1.82) is 0 Å². The Morgan fingerprint density at radius 3 is 2.34 bits per heavy atom. The molecule has 0 aliphatic heterocycles. The molecule has 0 bridgehead atoms. The van der Waals surface area contributed by atoms with Crippen LogP contribution in [0, 0.1) is 0 Å². The van der Waals surface area contributed by atoms with Crippen LogP contribution in [0.2, 0.25) is 0 Å². The number of hydrogen-bond donors (Lipinski definition) is 0. The Kier molecular flexibility index (Phi) is 8.31. The van der Waals surface area contributed by atoms with E-state index < -0.39 is 0 Å². The highest BCUT2D eigenvalue weighted by Crippen LogP contribution is 2.22. The highest BCUT2D eigenvalue weighted by Gasteiger charge is 2.06. The molecule has 3 rings (SSSR count). The second-order valence-corrected chi connectivity index (χ2v) is 7.13. The monoisotopic (exact) mass is 432 g/mol. The standard InChI is InChI=1S/C25H28N4O3/c1-18(28-31-4)23-13-6-10-21(26-23)11-8-16-32-29-19(2)24-14-7-15-25(27-24)20-9-5-12-22(17-20)30-3/h5-7,9-10,12-15,17H,8,11,16H2,1-4H3. The van der Waals surface area contributed by atoms with Gasteiger partial charge in [-0.05, 0) is 63.1 Å². The number of aromatic nitrogens is 2. The minimum Gasteiger partial charge on any atom is -0.497 e. The van der Waals surface area contributed by atoms with E-state index in [0.717, 1.165) is 58.4 Å². The van der Waals surface area contributed by atoms with Crippen LogP contribution in [-0.2, 0) is 16.1 Å². The molecule has 0 unspecified atom stereocenters. The van der Waals surface area contributed by atoms with E-state index in [4.69, 9.17) is 19.4 Å². The number of oxime groups is 2. The third-order valence-electron chi connectivity index (χ3n) is 4.76. The zero-order valence-electron chi connectivity index (χ0n) is 18.9. The molecule has 32 heavy (non-hydrogen) atoms. The molecular formula is C25H28N4O3. The van der Waals surface area contributed by atoms with Gasteiger partial charge in [-0.15, -0.1) is 0 Å². The highest BCUT2D eigenvalue weighted by molar-refractivity contribution is 5.97. The van der Waals surface area contributed by atoms with Crippen LogP contribution in [0.3, 0.4) is 0 Å². The van der Waals surface area contributed by atoms with E-state index in [-0.39, 0.29) is 0 Å². The van der Waals surface area contributed by atoms with Crippen molar-refractivity contribution in [3.63, 3.8) is 0 Å². The molecule has 166 valence electrons. The topological polar surface area (TPSA) is 78.2 Å². The van der Waals surface area contributed by atoms with E-state index >= 15 is 0 Å². The average molecular weight is 433 g/mol. The fraction of sp³-hybridized carbons (Fsp3) is 0.280. The third-order valence-corrected chi connectivity index (χ3v) is 4.76. The fourth-order valence-electron chi connectivity index (χ4n) is 3.09. The summed E-state index contributed by atoms with van der Waals surface area (Å²) in [6.07, 6.45) is 1.58. The number of nitrogens with zero attached hydrogens (tertiary/aromatic N) is 4. The molecular weight excluding hydrogens is 404 g/mol. The molecule has 0 atom stereocenters. The maximum Gasteiger partial charge on any atom is 0.119 e. The zero-order valence-corrected chi connectivity index (χ0v) is 18.9. The Balaban J connectivity index is 1.55. The second kappa shape index (κ2) is 11.6. The molecule has 0 N–H and O–H groups in total. The van der Waals surface area contributed by atoms with Crippen LogP contribution in [0.25, 0.3) is 11.3 Å². The normalized spacial score (nSPS) is 11.9. The van der Waals surface area contributed by atoms with E-state index in [1.807, 2.05) is 74.5 Å². The second-order valence-electron chi connectivity index (χ2n) is 7.13. The number of rotatable bonds is 10. The molecule has 2 aromatic heterocycles. The molecule has 0 radical (unpaired) electrons. The zero-order chi connectivity index (χ0) is 22.8. The van der Waals surface area contributed by atoms with Gasteiger partial charge in [0, 0.05) is 11.3 Å². The van der Waals surface area contributed by atoms with Crippen molar-refractivity contribution in [1.82, 2.24) is 9.97 Å². The van der Waals surface area contributed by atoms with Gasteiger partial charge in [-0.25, -0.2) is 4.98 Å². The molecule has 0 saturated carbocycles. The fourth-order valence-corrected chi connectivity index (χ4v) is 3.09. The molecule has 0 aliphatic rings. The Labute approximate surface area is 188 Å². The van der Waals surface area contributed by atoms with Crippen LogP contribution in [0.15, 0.2) is 71.0 Å². The molecule has 7 nitrogen and oxygen atoms in total. The molecule has 7 heteroatoms. The summed E-state index contributed by atoms with van der Waals surface area (Å²) < 4.78 is 5.30. The van der Waals surface area contributed by atoms with Crippen LogP contribution in [-0.4, -0.2) is 42.2 Å². The van der Waals surface area contributed by atoms with E-state index in [1.54, 1.807) is 7.11 Å². The van der Waals surface area contributed by atoms with Crippen LogP contribution in [0.4, 0.5) is 0 Å². The van der Waals surface area contributed by atoms with Gasteiger partial charge in [-0.3, -0.25) is 4.98 Å². The first-order valence-electron chi connectivity index (χ1n) is 10.4. The van der Waals surface area contributed by atoms with E-state index in [2.05, 4.69) is 15.3 Å².